The molecule has 0 aromatic heterocycles. The van der Waals surface area contributed by atoms with Gasteiger partial charge in [-0.25, -0.2) is 0 Å². The number of hydrogen-bond donors (Lipinski definition) is 2. The molecule has 0 saturated carbocycles. The molecule has 0 aliphatic rings. The van der Waals surface area contributed by atoms with E-state index >= 15 is 0 Å². The maximum Gasteiger partial charge on any atom is 0.275 e. The van der Waals surface area contributed by atoms with Gasteiger partial charge in [0.1, 0.15) is 12.3 Å². The third kappa shape index (κ3) is 6.34. The topological polar surface area (TPSA) is 42.8 Å². The lowest BCUT2D eigenvalue weighted by Gasteiger charge is -2.14. The standard InChI is InChI=1S/C19H23BrN2O2/c1-22(13-16-3-7-17(20)8-4-16)14-19(23)21-12-11-15-5-9-18(24-2)10-6-15/h3-10H,11-14H2,1-2H3,(H,21,23)/p+1. The van der Waals surface area contributed by atoms with Crippen LogP contribution in [-0.2, 0) is 17.8 Å². The van der Waals surface area contributed by atoms with Crippen molar-refractivity contribution in [3.05, 3.63) is 64.1 Å². The molecule has 0 fully saturated rings. The predicted molar refractivity (Wildman–Crippen MR) is 99.3 cm³/mol. The summed E-state index contributed by atoms with van der Waals surface area (Å²) >= 11 is 3.43. The molecule has 0 bridgehead atoms. The van der Waals surface area contributed by atoms with E-state index < -0.39 is 0 Å². The van der Waals surface area contributed by atoms with Gasteiger partial charge in [-0.2, -0.15) is 0 Å². The Balaban J connectivity index is 1.69. The molecule has 2 aromatic carbocycles. The fourth-order valence-electron chi connectivity index (χ4n) is 2.49. The second kappa shape index (κ2) is 9.45. The summed E-state index contributed by atoms with van der Waals surface area (Å²) in [7, 11) is 3.69. The molecule has 0 saturated heterocycles. The Morgan fingerprint density at radius 1 is 1.08 bits per heavy atom. The third-order valence-electron chi connectivity index (χ3n) is 3.78. The van der Waals surface area contributed by atoms with E-state index in [1.807, 2.05) is 43.4 Å². The molecule has 0 aliphatic carbocycles. The fraction of sp³-hybridized carbons (Fsp3) is 0.316. The zero-order valence-corrected chi connectivity index (χ0v) is 15.7. The highest BCUT2D eigenvalue weighted by Gasteiger charge is 2.10. The Morgan fingerprint density at radius 2 is 1.71 bits per heavy atom. The van der Waals surface area contributed by atoms with Crippen LogP contribution >= 0.6 is 15.9 Å². The van der Waals surface area contributed by atoms with Gasteiger partial charge >= 0.3 is 0 Å². The Bertz CT molecular complexity index is 641. The zero-order valence-electron chi connectivity index (χ0n) is 14.1. The molecule has 1 atom stereocenters. The van der Waals surface area contributed by atoms with E-state index in [4.69, 9.17) is 4.74 Å². The van der Waals surface area contributed by atoms with Crippen LogP contribution in [0.5, 0.6) is 5.75 Å². The summed E-state index contributed by atoms with van der Waals surface area (Å²) < 4.78 is 6.21. The minimum atomic E-state index is 0.0816. The number of benzene rings is 2. The fourth-order valence-corrected chi connectivity index (χ4v) is 2.75. The van der Waals surface area contributed by atoms with E-state index in [2.05, 4.69) is 33.4 Å². The largest absolute Gasteiger partial charge is 0.497 e. The minimum absolute atomic E-state index is 0.0816. The number of ether oxygens (including phenoxy) is 1. The first kappa shape index (κ1) is 18.5. The maximum absolute atomic E-state index is 12.0. The number of carbonyl (C=O) groups excluding carboxylic acids is 1. The molecule has 0 spiro atoms. The van der Waals surface area contributed by atoms with Crippen molar-refractivity contribution in [3.63, 3.8) is 0 Å². The summed E-state index contributed by atoms with van der Waals surface area (Å²) in [5.74, 6) is 0.930. The van der Waals surface area contributed by atoms with Crippen LogP contribution in [-0.4, -0.2) is 33.2 Å². The summed E-state index contributed by atoms with van der Waals surface area (Å²) in [5, 5.41) is 2.99. The van der Waals surface area contributed by atoms with Gasteiger partial charge in [0.2, 0.25) is 0 Å². The van der Waals surface area contributed by atoms with Crippen molar-refractivity contribution in [2.45, 2.75) is 13.0 Å². The third-order valence-corrected chi connectivity index (χ3v) is 4.31. The Morgan fingerprint density at radius 3 is 2.33 bits per heavy atom. The highest BCUT2D eigenvalue weighted by molar-refractivity contribution is 9.10. The maximum atomic E-state index is 12.0. The molecule has 0 heterocycles. The smallest absolute Gasteiger partial charge is 0.275 e. The first-order valence-electron chi connectivity index (χ1n) is 8.02. The van der Waals surface area contributed by atoms with Gasteiger partial charge in [0.25, 0.3) is 5.91 Å². The lowest BCUT2D eigenvalue weighted by atomic mass is 10.1. The van der Waals surface area contributed by atoms with Gasteiger partial charge in [0, 0.05) is 16.6 Å². The van der Waals surface area contributed by atoms with Gasteiger partial charge in [-0.1, -0.05) is 40.2 Å². The Labute approximate surface area is 151 Å². The summed E-state index contributed by atoms with van der Waals surface area (Å²) in [6, 6.07) is 16.1. The molecule has 2 rings (SSSR count). The van der Waals surface area contributed by atoms with Gasteiger partial charge in [0.05, 0.1) is 14.2 Å². The van der Waals surface area contributed by atoms with E-state index in [0.29, 0.717) is 13.1 Å². The van der Waals surface area contributed by atoms with Crippen LogP contribution in [0.2, 0.25) is 0 Å². The van der Waals surface area contributed by atoms with E-state index in [1.165, 1.54) is 16.0 Å². The molecular weight excluding hydrogens is 368 g/mol. The number of methoxy groups -OCH3 is 1. The van der Waals surface area contributed by atoms with Crippen molar-refractivity contribution >= 4 is 21.8 Å². The number of nitrogens with one attached hydrogen (secondary N) is 2. The molecule has 1 unspecified atom stereocenters. The van der Waals surface area contributed by atoms with Gasteiger partial charge in [0.15, 0.2) is 6.54 Å². The molecule has 2 aromatic rings. The SMILES string of the molecule is COc1ccc(CCNC(=O)C[NH+](C)Cc2ccc(Br)cc2)cc1. The van der Waals surface area contributed by atoms with Crippen molar-refractivity contribution in [3.8, 4) is 5.75 Å². The lowest BCUT2D eigenvalue weighted by molar-refractivity contribution is -0.885. The predicted octanol–water partition coefficient (Wildman–Crippen LogP) is 1.83. The number of likely N-dealkylation sites (N-methyl/N-ethyl adjacent to an activating group) is 1. The summed E-state index contributed by atoms with van der Waals surface area (Å²) in [6.07, 6.45) is 0.821. The van der Waals surface area contributed by atoms with Crippen LogP contribution in [0.15, 0.2) is 53.0 Å². The molecule has 1 amide bonds. The normalized spacial score (nSPS) is 11.8. The summed E-state index contributed by atoms with van der Waals surface area (Å²) in [6.45, 7) is 1.95. The van der Waals surface area contributed by atoms with E-state index in [0.717, 1.165) is 23.2 Å². The van der Waals surface area contributed by atoms with Crippen LogP contribution in [0.3, 0.4) is 0 Å². The van der Waals surface area contributed by atoms with Gasteiger partial charge < -0.3 is 15.0 Å². The van der Waals surface area contributed by atoms with Crippen molar-refractivity contribution in [2.75, 3.05) is 27.2 Å². The van der Waals surface area contributed by atoms with E-state index in [-0.39, 0.29) is 5.91 Å². The van der Waals surface area contributed by atoms with E-state index in [9.17, 15) is 4.79 Å². The molecule has 2 N–H and O–H groups in total. The lowest BCUT2D eigenvalue weighted by Crippen LogP contribution is -3.08. The molecule has 24 heavy (non-hydrogen) atoms. The number of carbonyl (C=O) groups is 1. The second-order valence-corrected chi connectivity index (χ2v) is 6.80. The van der Waals surface area contributed by atoms with Crippen molar-refractivity contribution in [2.24, 2.45) is 0 Å². The van der Waals surface area contributed by atoms with Crippen LogP contribution in [0.1, 0.15) is 11.1 Å². The van der Waals surface area contributed by atoms with Gasteiger partial charge in [-0.15, -0.1) is 0 Å². The number of amides is 1. The average molecular weight is 392 g/mol. The zero-order chi connectivity index (χ0) is 17.4. The van der Waals surface area contributed by atoms with Gasteiger partial charge in [-0.3, -0.25) is 4.79 Å². The Kier molecular flexibility index (Phi) is 7.28. The van der Waals surface area contributed by atoms with Crippen LogP contribution in [0.25, 0.3) is 0 Å². The highest BCUT2D eigenvalue weighted by Crippen LogP contribution is 2.11. The van der Waals surface area contributed by atoms with Crippen LogP contribution in [0.4, 0.5) is 0 Å². The average Bonchev–Trinajstić information content (AvgIpc) is 2.57. The van der Waals surface area contributed by atoms with E-state index in [1.54, 1.807) is 7.11 Å². The summed E-state index contributed by atoms with van der Waals surface area (Å²) in [4.78, 5) is 13.2. The second-order valence-electron chi connectivity index (χ2n) is 5.89. The quantitative estimate of drug-likeness (QED) is 0.720. The molecule has 5 heteroatoms. The number of rotatable bonds is 8. The monoisotopic (exact) mass is 391 g/mol. The Hall–Kier alpha value is -1.85. The molecular formula is C19H24BrN2O2+. The number of hydrogen-bond acceptors (Lipinski definition) is 2. The molecule has 0 radical (unpaired) electrons. The first-order chi connectivity index (χ1) is 11.6. The number of quaternary nitrogens is 1. The van der Waals surface area contributed by atoms with Crippen molar-refractivity contribution in [1.82, 2.24) is 5.32 Å². The first-order valence-corrected chi connectivity index (χ1v) is 8.81. The van der Waals surface area contributed by atoms with Gasteiger partial charge in [-0.05, 0) is 36.2 Å². The minimum Gasteiger partial charge on any atom is -0.497 e. The van der Waals surface area contributed by atoms with Crippen molar-refractivity contribution < 1.29 is 14.4 Å². The number of halogens is 1. The molecule has 0 aliphatic heterocycles. The molecule has 128 valence electrons. The summed E-state index contributed by atoms with van der Waals surface area (Å²) in [5.41, 5.74) is 2.41. The van der Waals surface area contributed by atoms with Crippen molar-refractivity contribution in [1.29, 1.82) is 0 Å². The van der Waals surface area contributed by atoms with Crippen LogP contribution in [0, 0.1) is 0 Å². The van der Waals surface area contributed by atoms with Crippen LogP contribution < -0.4 is 15.0 Å². The molecule has 4 nitrogen and oxygen atoms in total. The highest BCUT2D eigenvalue weighted by atomic mass is 79.9.